The van der Waals surface area contributed by atoms with Gasteiger partial charge in [-0.05, 0) is 30.7 Å². The number of fused-ring (bicyclic) bond motifs is 3. The fourth-order valence-corrected chi connectivity index (χ4v) is 2.74. The Labute approximate surface area is 94.7 Å². The molecule has 1 aliphatic rings. The molecule has 1 aliphatic heterocycles. The van der Waals surface area contributed by atoms with Gasteiger partial charge < -0.3 is 15.0 Å². The highest BCUT2D eigenvalue weighted by Gasteiger charge is 2.18. The van der Waals surface area contributed by atoms with Crippen molar-refractivity contribution in [1.82, 2.24) is 9.88 Å². The van der Waals surface area contributed by atoms with Gasteiger partial charge in [-0.25, -0.2) is 0 Å². The number of hydrogen-bond acceptors (Lipinski definition) is 2. The Bertz CT molecular complexity index is 542. The number of nitrogens with zero attached hydrogens (tertiary/aromatic N) is 1. The standard InChI is InChI=1S/C13H16N2O/c1-15-10-6-8-14-7-5-9(10)13-11(15)3-2-4-12(13)16/h2-4,14,16H,5-8H2,1H3. The number of phenolic OH excluding ortho intramolecular Hbond substituents is 1. The Kier molecular flexibility index (Phi) is 2.14. The average Bonchev–Trinajstić information content (AvgIpc) is 2.48. The summed E-state index contributed by atoms with van der Waals surface area (Å²) >= 11 is 0. The number of aromatic hydroxyl groups is 1. The van der Waals surface area contributed by atoms with Crippen molar-refractivity contribution >= 4 is 10.9 Å². The quantitative estimate of drug-likeness (QED) is 0.701. The molecule has 2 heterocycles. The van der Waals surface area contributed by atoms with Crippen molar-refractivity contribution in [3.8, 4) is 5.75 Å². The number of aromatic nitrogens is 1. The third-order valence-corrected chi connectivity index (χ3v) is 3.53. The number of benzene rings is 1. The number of phenols is 1. The number of aryl methyl sites for hydroxylation is 1. The minimum Gasteiger partial charge on any atom is -0.507 e. The minimum atomic E-state index is 0.413. The maximum absolute atomic E-state index is 10.00. The zero-order valence-electron chi connectivity index (χ0n) is 9.45. The van der Waals surface area contributed by atoms with E-state index in [1.54, 1.807) is 6.07 Å². The van der Waals surface area contributed by atoms with Crippen molar-refractivity contribution < 1.29 is 5.11 Å². The van der Waals surface area contributed by atoms with Crippen molar-refractivity contribution in [3.63, 3.8) is 0 Å². The van der Waals surface area contributed by atoms with Crippen LogP contribution in [0.4, 0.5) is 0 Å². The molecular formula is C13H16N2O. The second-order valence-corrected chi connectivity index (χ2v) is 4.41. The van der Waals surface area contributed by atoms with E-state index in [0.29, 0.717) is 5.75 Å². The fraction of sp³-hybridized carbons (Fsp3) is 0.385. The molecule has 3 rings (SSSR count). The monoisotopic (exact) mass is 216 g/mol. The molecule has 84 valence electrons. The number of rotatable bonds is 0. The molecule has 0 amide bonds. The lowest BCUT2D eigenvalue weighted by Crippen LogP contribution is -2.16. The van der Waals surface area contributed by atoms with Crippen molar-refractivity contribution in [2.45, 2.75) is 12.8 Å². The Morgan fingerprint density at radius 1 is 1.25 bits per heavy atom. The van der Waals surface area contributed by atoms with Crippen LogP contribution in [0, 0.1) is 0 Å². The van der Waals surface area contributed by atoms with Crippen LogP contribution < -0.4 is 5.32 Å². The summed E-state index contributed by atoms with van der Waals surface area (Å²) in [6.07, 6.45) is 2.05. The third-order valence-electron chi connectivity index (χ3n) is 3.53. The van der Waals surface area contributed by atoms with Gasteiger partial charge in [0.15, 0.2) is 0 Å². The number of nitrogens with one attached hydrogen (secondary N) is 1. The van der Waals surface area contributed by atoms with E-state index < -0.39 is 0 Å². The molecule has 3 nitrogen and oxygen atoms in total. The molecule has 0 unspecified atom stereocenters. The average molecular weight is 216 g/mol. The van der Waals surface area contributed by atoms with E-state index in [-0.39, 0.29) is 0 Å². The van der Waals surface area contributed by atoms with Gasteiger partial charge in [0.25, 0.3) is 0 Å². The molecule has 0 saturated heterocycles. The summed E-state index contributed by atoms with van der Waals surface area (Å²) in [5, 5.41) is 14.4. The van der Waals surface area contributed by atoms with E-state index in [9.17, 15) is 5.11 Å². The van der Waals surface area contributed by atoms with E-state index in [1.165, 1.54) is 11.3 Å². The molecule has 2 aromatic rings. The van der Waals surface area contributed by atoms with Crippen LogP contribution in [-0.2, 0) is 19.9 Å². The maximum Gasteiger partial charge on any atom is 0.125 e. The van der Waals surface area contributed by atoms with Crippen molar-refractivity contribution in [1.29, 1.82) is 0 Å². The van der Waals surface area contributed by atoms with Crippen LogP contribution in [0.15, 0.2) is 18.2 Å². The van der Waals surface area contributed by atoms with E-state index in [1.807, 2.05) is 6.07 Å². The molecular weight excluding hydrogens is 200 g/mol. The highest BCUT2D eigenvalue weighted by Crippen LogP contribution is 2.33. The van der Waals surface area contributed by atoms with E-state index in [2.05, 4.69) is 23.0 Å². The largest absolute Gasteiger partial charge is 0.507 e. The summed E-state index contributed by atoms with van der Waals surface area (Å²) in [6.45, 7) is 2.03. The Hall–Kier alpha value is -1.48. The van der Waals surface area contributed by atoms with Gasteiger partial charge >= 0.3 is 0 Å². The van der Waals surface area contributed by atoms with Crippen LogP contribution in [-0.4, -0.2) is 22.8 Å². The van der Waals surface area contributed by atoms with Gasteiger partial charge in [0.2, 0.25) is 0 Å². The van der Waals surface area contributed by atoms with E-state index >= 15 is 0 Å². The number of hydrogen-bond donors (Lipinski definition) is 2. The highest BCUT2D eigenvalue weighted by molar-refractivity contribution is 5.91. The van der Waals surface area contributed by atoms with Gasteiger partial charge in [0, 0.05) is 31.1 Å². The molecule has 0 fully saturated rings. The van der Waals surface area contributed by atoms with Crippen molar-refractivity contribution in [2.24, 2.45) is 7.05 Å². The smallest absolute Gasteiger partial charge is 0.125 e. The first kappa shape index (κ1) is 9.73. The first-order chi connectivity index (χ1) is 7.79. The lowest BCUT2D eigenvalue weighted by atomic mass is 10.1. The van der Waals surface area contributed by atoms with Gasteiger partial charge in [-0.15, -0.1) is 0 Å². The molecule has 0 aliphatic carbocycles. The highest BCUT2D eigenvalue weighted by atomic mass is 16.3. The van der Waals surface area contributed by atoms with Gasteiger partial charge in [0.1, 0.15) is 5.75 Å². The van der Waals surface area contributed by atoms with Gasteiger partial charge in [-0.1, -0.05) is 6.07 Å². The predicted molar refractivity (Wildman–Crippen MR) is 64.9 cm³/mol. The first-order valence-electron chi connectivity index (χ1n) is 5.78. The maximum atomic E-state index is 10.00. The molecule has 0 saturated carbocycles. The third kappa shape index (κ3) is 1.25. The molecule has 0 radical (unpaired) electrons. The zero-order chi connectivity index (χ0) is 11.1. The molecule has 0 bridgehead atoms. The molecule has 2 N–H and O–H groups in total. The lowest BCUT2D eigenvalue weighted by Gasteiger charge is -2.03. The van der Waals surface area contributed by atoms with E-state index in [0.717, 1.165) is 36.8 Å². The second kappa shape index (κ2) is 3.52. The molecule has 3 heteroatoms. The van der Waals surface area contributed by atoms with Gasteiger partial charge in [-0.2, -0.15) is 0 Å². The van der Waals surface area contributed by atoms with Crippen LogP contribution in [0.5, 0.6) is 5.75 Å². The van der Waals surface area contributed by atoms with Crippen LogP contribution in [0.2, 0.25) is 0 Å². The summed E-state index contributed by atoms with van der Waals surface area (Å²) in [5.74, 6) is 0.413. The summed E-state index contributed by atoms with van der Waals surface area (Å²) in [4.78, 5) is 0. The Balaban J connectivity index is 2.37. The molecule has 0 spiro atoms. The predicted octanol–water partition coefficient (Wildman–Crippen LogP) is 1.57. The van der Waals surface area contributed by atoms with E-state index in [4.69, 9.17) is 0 Å². The lowest BCUT2D eigenvalue weighted by molar-refractivity contribution is 0.481. The summed E-state index contributed by atoms with van der Waals surface area (Å²) in [5.41, 5.74) is 3.83. The van der Waals surface area contributed by atoms with Gasteiger partial charge in [-0.3, -0.25) is 0 Å². The molecule has 1 aromatic heterocycles. The van der Waals surface area contributed by atoms with Crippen molar-refractivity contribution in [2.75, 3.05) is 13.1 Å². The molecule has 16 heavy (non-hydrogen) atoms. The zero-order valence-corrected chi connectivity index (χ0v) is 9.45. The topological polar surface area (TPSA) is 37.2 Å². The van der Waals surface area contributed by atoms with Crippen LogP contribution in [0.3, 0.4) is 0 Å². The second-order valence-electron chi connectivity index (χ2n) is 4.41. The Morgan fingerprint density at radius 3 is 2.94 bits per heavy atom. The Morgan fingerprint density at radius 2 is 2.06 bits per heavy atom. The normalized spacial score (nSPS) is 16.1. The van der Waals surface area contributed by atoms with Crippen LogP contribution in [0.25, 0.3) is 10.9 Å². The summed E-state index contributed by atoms with van der Waals surface area (Å²) in [7, 11) is 2.09. The first-order valence-corrected chi connectivity index (χ1v) is 5.78. The SMILES string of the molecule is Cn1c2c(c3c(O)cccc31)CCNCC2. The van der Waals surface area contributed by atoms with Crippen LogP contribution >= 0.6 is 0 Å². The minimum absolute atomic E-state index is 0.413. The van der Waals surface area contributed by atoms with Crippen LogP contribution in [0.1, 0.15) is 11.3 Å². The molecule has 1 aromatic carbocycles. The fourth-order valence-electron chi connectivity index (χ4n) is 2.74. The van der Waals surface area contributed by atoms with Crippen molar-refractivity contribution in [3.05, 3.63) is 29.5 Å². The molecule has 0 atom stereocenters. The summed E-state index contributed by atoms with van der Waals surface area (Å²) in [6, 6.07) is 5.77. The van der Waals surface area contributed by atoms with Gasteiger partial charge in [0.05, 0.1) is 5.52 Å². The summed E-state index contributed by atoms with van der Waals surface area (Å²) < 4.78 is 2.22.